The number of carbonyl (C=O) groups is 2. The highest BCUT2D eigenvalue weighted by Crippen LogP contribution is 2.15. The molecule has 0 aliphatic rings. The molecule has 0 saturated heterocycles. The Morgan fingerprint density at radius 3 is 1.92 bits per heavy atom. The molecular formula is C21H36N3O2+. The molecule has 0 spiro atoms. The Morgan fingerprint density at radius 2 is 1.46 bits per heavy atom. The Kier molecular flexibility index (Phi) is 9.35. The number of hydrogen-bond donors (Lipinski definition) is 3. The van der Waals surface area contributed by atoms with Crippen LogP contribution in [0.4, 0.5) is 0 Å². The molecule has 1 rings (SSSR count). The van der Waals surface area contributed by atoms with Crippen LogP contribution in [0.1, 0.15) is 58.7 Å². The lowest BCUT2D eigenvalue weighted by Crippen LogP contribution is -3.14. The first kappa shape index (κ1) is 22.2. The van der Waals surface area contributed by atoms with E-state index in [1.165, 1.54) is 5.56 Å². The van der Waals surface area contributed by atoms with Crippen LogP contribution in [0.15, 0.2) is 24.3 Å². The van der Waals surface area contributed by atoms with Crippen LogP contribution in [0, 0.1) is 5.92 Å². The Labute approximate surface area is 158 Å². The minimum absolute atomic E-state index is 0.0153. The predicted molar refractivity (Wildman–Crippen MR) is 106 cm³/mol. The summed E-state index contributed by atoms with van der Waals surface area (Å²) in [5, 5.41) is 5.92. The summed E-state index contributed by atoms with van der Waals surface area (Å²) < 4.78 is 0. The summed E-state index contributed by atoms with van der Waals surface area (Å²) in [6.07, 6.45) is 1.06. The average molecular weight is 363 g/mol. The maximum atomic E-state index is 12.3. The van der Waals surface area contributed by atoms with Gasteiger partial charge in [-0.25, -0.2) is 0 Å². The maximum Gasteiger partial charge on any atom is 0.275 e. The highest BCUT2D eigenvalue weighted by molar-refractivity contribution is 5.79. The first-order valence-electron chi connectivity index (χ1n) is 9.72. The SMILES string of the molecule is CC[NH+](CC(=O)NC(C)C)CC(=O)N[C@@H](C)c1ccc(CC(C)C)cc1. The van der Waals surface area contributed by atoms with Crippen LogP contribution in [0.5, 0.6) is 0 Å². The fourth-order valence-corrected chi connectivity index (χ4v) is 2.93. The van der Waals surface area contributed by atoms with Crippen molar-refractivity contribution in [3.63, 3.8) is 0 Å². The lowest BCUT2D eigenvalue weighted by atomic mass is 10.00. The molecule has 5 nitrogen and oxygen atoms in total. The largest absolute Gasteiger partial charge is 0.349 e. The van der Waals surface area contributed by atoms with Crippen molar-refractivity contribution in [3.05, 3.63) is 35.4 Å². The van der Waals surface area contributed by atoms with Crippen molar-refractivity contribution in [2.75, 3.05) is 19.6 Å². The van der Waals surface area contributed by atoms with Gasteiger partial charge in [0.1, 0.15) is 0 Å². The Bertz CT molecular complexity index is 567. The van der Waals surface area contributed by atoms with Gasteiger partial charge in [0.05, 0.1) is 12.6 Å². The lowest BCUT2D eigenvalue weighted by molar-refractivity contribution is -0.881. The molecular weight excluding hydrogens is 326 g/mol. The second kappa shape index (κ2) is 11.0. The van der Waals surface area contributed by atoms with E-state index in [9.17, 15) is 9.59 Å². The third kappa shape index (κ3) is 8.48. The molecule has 2 amide bonds. The molecule has 0 fully saturated rings. The van der Waals surface area contributed by atoms with E-state index in [4.69, 9.17) is 0 Å². The number of rotatable bonds is 10. The summed E-state index contributed by atoms with van der Waals surface area (Å²) in [5.41, 5.74) is 2.42. The highest BCUT2D eigenvalue weighted by Gasteiger charge is 2.18. The fourth-order valence-electron chi connectivity index (χ4n) is 2.93. The molecule has 1 aromatic carbocycles. The van der Waals surface area contributed by atoms with Crippen molar-refractivity contribution >= 4 is 11.8 Å². The average Bonchev–Trinajstić information content (AvgIpc) is 2.53. The molecule has 1 aromatic rings. The molecule has 1 unspecified atom stereocenters. The highest BCUT2D eigenvalue weighted by atomic mass is 16.2. The van der Waals surface area contributed by atoms with E-state index < -0.39 is 0 Å². The minimum atomic E-state index is -0.0433. The van der Waals surface area contributed by atoms with E-state index in [0.29, 0.717) is 19.0 Å². The smallest absolute Gasteiger partial charge is 0.275 e. The summed E-state index contributed by atoms with van der Waals surface area (Å²) in [4.78, 5) is 25.2. The molecule has 0 aliphatic carbocycles. The van der Waals surface area contributed by atoms with Crippen LogP contribution < -0.4 is 15.5 Å². The van der Waals surface area contributed by atoms with E-state index in [1.807, 2.05) is 27.7 Å². The van der Waals surface area contributed by atoms with Gasteiger partial charge in [-0.15, -0.1) is 0 Å². The lowest BCUT2D eigenvalue weighted by Gasteiger charge is -2.20. The quantitative estimate of drug-likeness (QED) is 0.591. The third-order valence-electron chi connectivity index (χ3n) is 4.27. The van der Waals surface area contributed by atoms with Crippen molar-refractivity contribution in [3.8, 4) is 0 Å². The summed E-state index contributed by atoms with van der Waals surface area (Å²) in [5.74, 6) is 0.588. The van der Waals surface area contributed by atoms with E-state index in [2.05, 4.69) is 48.7 Å². The second-order valence-corrected chi connectivity index (χ2v) is 7.81. The summed E-state index contributed by atoms with van der Waals surface area (Å²) in [7, 11) is 0. The first-order valence-corrected chi connectivity index (χ1v) is 9.72. The van der Waals surface area contributed by atoms with Gasteiger partial charge in [-0.1, -0.05) is 38.1 Å². The summed E-state index contributed by atoms with van der Waals surface area (Å²) in [6, 6.07) is 8.52. The molecule has 0 heterocycles. The van der Waals surface area contributed by atoms with Crippen molar-refractivity contribution in [2.24, 2.45) is 5.92 Å². The molecule has 0 saturated carbocycles. The topological polar surface area (TPSA) is 62.6 Å². The number of likely N-dealkylation sites (N-methyl/N-ethyl adjacent to an activating group) is 1. The van der Waals surface area contributed by atoms with Crippen LogP contribution in [0.3, 0.4) is 0 Å². The standard InChI is InChI=1S/C21H35N3O2/c1-7-24(13-20(25)22-16(4)5)14-21(26)23-17(6)19-10-8-18(9-11-19)12-15(2)3/h8-11,15-17H,7,12-14H2,1-6H3,(H,22,25)(H,23,26)/p+1/t17-/m0/s1. The molecule has 0 bridgehead atoms. The second-order valence-electron chi connectivity index (χ2n) is 7.81. The molecule has 0 aliphatic heterocycles. The minimum Gasteiger partial charge on any atom is -0.349 e. The summed E-state index contributed by atoms with van der Waals surface area (Å²) in [6.45, 7) is 13.6. The molecule has 0 radical (unpaired) electrons. The van der Waals surface area contributed by atoms with Crippen molar-refractivity contribution < 1.29 is 14.5 Å². The van der Waals surface area contributed by atoms with Crippen LogP contribution in [-0.2, 0) is 16.0 Å². The van der Waals surface area contributed by atoms with Gasteiger partial charge in [-0.05, 0) is 51.2 Å². The number of nitrogens with one attached hydrogen (secondary N) is 3. The molecule has 5 heteroatoms. The number of amides is 2. The van der Waals surface area contributed by atoms with Crippen LogP contribution >= 0.6 is 0 Å². The van der Waals surface area contributed by atoms with E-state index in [-0.39, 0.29) is 23.9 Å². The maximum absolute atomic E-state index is 12.3. The van der Waals surface area contributed by atoms with Crippen molar-refractivity contribution in [1.29, 1.82) is 0 Å². The van der Waals surface area contributed by atoms with Gasteiger partial charge >= 0.3 is 0 Å². The predicted octanol–water partition coefficient (Wildman–Crippen LogP) is 1.49. The third-order valence-corrected chi connectivity index (χ3v) is 4.27. The van der Waals surface area contributed by atoms with Crippen molar-refractivity contribution in [2.45, 2.75) is 60.0 Å². The molecule has 0 aromatic heterocycles. The Hall–Kier alpha value is -1.88. The van der Waals surface area contributed by atoms with Gasteiger partial charge in [-0.2, -0.15) is 0 Å². The van der Waals surface area contributed by atoms with Gasteiger partial charge in [0, 0.05) is 6.04 Å². The number of quaternary nitrogens is 1. The van der Waals surface area contributed by atoms with Gasteiger partial charge < -0.3 is 15.5 Å². The number of hydrogen-bond acceptors (Lipinski definition) is 2. The molecule has 3 N–H and O–H groups in total. The van der Waals surface area contributed by atoms with Gasteiger partial charge in [0.15, 0.2) is 13.1 Å². The van der Waals surface area contributed by atoms with Gasteiger partial charge in [0.2, 0.25) is 0 Å². The summed E-state index contributed by atoms with van der Waals surface area (Å²) >= 11 is 0. The van der Waals surface area contributed by atoms with E-state index in [1.54, 1.807) is 0 Å². The fraction of sp³-hybridized carbons (Fsp3) is 0.619. The monoisotopic (exact) mass is 362 g/mol. The first-order chi connectivity index (χ1) is 12.2. The Balaban J connectivity index is 2.53. The molecule has 146 valence electrons. The Morgan fingerprint density at radius 1 is 0.923 bits per heavy atom. The zero-order valence-electron chi connectivity index (χ0n) is 17.2. The number of carbonyl (C=O) groups excluding carboxylic acids is 2. The zero-order valence-corrected chi connectivity index (χ0v) is 17.2. The molecule has 26 heavy (non-hydrogen) atoms. The van der Waals surface area contributed by atoms with Gasteiger partial charge in [-0.3, -0.25) is 9.59 Å². The number of benzene rings is 1. The van der Waals surface area contributed by atoms with Crippen LogP contribution in [-0.4, -0.2) is 37.5 Å². The van der Waals surface area contributed by atoms with Crippen LogP contribution in [0.2, 0.25) is 0 Å². The van der Waals surface area contributed by atoms with E-state index >= 15 is 0 Å². The molecule has 2 atom stereocenters. The zero-order chi connectivity index (χ0) is 19.7. The normalized spacial score (nSPS) is 13.5. The van der Waals surface area contributed by atoms with E-state index in [0.717, 1.165) is 23.4 Å². The van der Waals surface area contributed by atoms with Gasteiger partial charge in [0.25, 0.3) is 11.8 Å². The van der Waals surface area contributed by atoms with Crippen molar-refractivity contribution in [1.82, 2.24) is 10.6 Å². The van der Waals surface area contributed by atoms with Crippen LogP contribution in [0.25, 0.3) is 0 Å².